The van der Waals surface area contributed by atoms with Crippen molar-refractivity contribution in [3.63, 3.8) is 0 Å². The van der Waals surface area contributed by atoms with E-state index in [1.54, 1.807) is 0 Å². The lowest BCUT2D eigenvalue weighted by Gasteiger charge is -1.99. The Hall–Kier alpha value is -3.09. The van der Waals surface area contributed by atoms with E-state index in [-0.39, 0.29) is 12.2 Å². The summed E-state index contributed by atoms with van der Waals surface area (Å²) in [6, 6.07) is 9.47. The second kappa shape index (κ2) is 5.49. The maximum absolute atomic E-state index is 11.7. The zero-order valence-electron chi connectivity index (χ0n) is 10.9. The van der Waals surface area contributed by atoms with Crippen molar-refractivity contribution in [3.05, 3.63) is 64.7 Å². The molecule has 3 aromatic rings. The van der Waals surface area contributed by atoms with Crippen LogP contribution in [-0.4, -0.2) is 20.9 Å². The number of nitrogens with zero attached hydrogens (tertiary/aromatic N) is 1. The first kappa shape index (κ1) is 12.9. The third-order valence-corrected chi connectivity index (χ3v) is 2.84. The quantitative estimate of drug-likeness (QED) is 0.671. The number of amides is 1. The molecule has 1 amide bonds. The molecule has 3 rings (SSSR count). The Morgan fingerprint density at radius 1 is 1.29 bits per heavy atom. The number of rotatable bonds is 4. The Balaban J connectivity index is 1.65. The molecule has 0 bridgehead atoms. The monoisotopic (exact) mass is 284 g/mol. The third-order valence-electron chi connectivity index (χ3n) is 2.84. The highest BCUT2D eigenvalue weighted by molar-refractivity contribution is 5.91. The van der Waals surface area contributed by atoms with Crippen molar-refractivity contribution < 1.29 is 9.21 Å². The zero-order valence-corrected chi connectivity index (χ0v) is 10.9. The number of hydrogen-bond acceptors (Lipinski definition) is 4. The Kier molecular flexibility index (Phi) is 3.38. The topological polar surface area (TPSA) is 104 Å². The normalized spacial score (nSPS) is 10.5. The molecule has 0 unspecified atom stereocenters. The predicted octanol–water partition coefficient (Wildman–Crippen LogP) is 1.29. The number of oxazole rings is 1. The average Bonchev–Trinajstić information content (AvgIpc) is 3.15. The van der Waals surface area contributed by atoms with Gasteiger partial charge < -0.3 is 19.7 Å². The Morgan fingerprint density at radius 2 is 2.10 bits per heavy atom. The fraction of sp³-hybridized carbons (Fsp3) is 0.0714. The van der Waals surface area contributed by atoms with Gasteiger partial charge in [0.05, 0.1) is 12.2 Å². The van der Waals surface area contributed by atoms with Crippen LogP contribution in [0.5, 0.6) is 0 Å². The van der Waals surface area contributed by atoms with E-state index >= 15 is 0 Å². The fourth-order valence-corrected chi connectivity index (χ4v) is 1.82. The van der Waals surface area contributed by atoms with Gasteiger partial charge in [-0.05, 0) is 12.1 Å². The van der Waals surface area contributed by atoms with E-state index in [0.717, 1.165) is 5.56 Å². The molecule has 0 spiro atoms. The van der Waals surface area contributed by atoms with Crippen LogP contribution in [0.15, 0.2) is 52.0 Å². The van der Waals surface area contributed by atoms with Crippen molar-refractivity contribution in [1.29, 1.82) is 0 Å². The number of H-pyrrole nitrogens is 2. The first-order valence-corrected chi connectivity index (χ1v) is 6.28. The van der Waals surface area contributed by atoms with E-state index in [4.69, 9.17) is 4.42 Å². The molecule has 0 fully saturated rings. The van der Waals surface area contributed by atoms with Gasteiger partial charge in [0.25, 0.3) is 5.91 Å². The number of nitrogens with one attached hydrogen (secondary N) is 3. The molecule has 7 heteroatoms. The van der Waals surface area contributed by atoms with E-state index in [0.29, 0.717) is 11.6 Å². The number of carbonyl (C=O) groups is 1. The third kappa shape index (κ3) is 2.92. The lowest BCUT2D eigenvalue weighted by atomic mass is 10.2. The lowest BCUT2D eigenvalue weighted by Crippen LogP contribution is -2.23. The molecule has 0 radical (unpaired) electrons. The number of aromatic amines is 2. The van der Waals surface area contributed by atoms with Crippen molar-refractivity contribution in [3.8, 4) is 11.5 Å². The van der Waals surface area contributed by atoms with E-state index in [1.807, 2.05) is 30.3 Å². The van der Waals surface area contributed by atoms with Gasteiger partial charge in [-0.15, -0.1) is 0 Å². The van der Waals surface area contributed by atoms with Gasteiger partial charge in [0.1, 0.15) is 12.0 Å². The van der Waals surface area contributed by atoms with Crippen LogP contribution >= 0.6 is 0 Å². The van der Waals surface area contributed by atoms with Crippen LogP contribution < -0.4 is 11.0 Å². The van der Waals surface area contributed by atoms with Crippen molar-refractivity contribution in [2.24, 2.45) is 0 Å². The minimum atomic E-state index is -0.423. The first-order valence-electron chi connectivity index (χ1n) is 6.28. The van der Waals surface area contributed by atoms with Crippen LogP contribution in [0.3, 0.4) is 0 Å². The summed E-state index contributed by atoms with van der Waals surface area (Å²) in [7, 11) is 0. The van der Waals surface area contributed by atoms with Crippen molar-refractivity contribution in [2.45, 2.75) is 6.54 Å². The van der Waals surface area contributed by atoms with Gasteiger partial charge in [0.15, 0.2) is 0 Å². The molecular weight excluding hydrogens is 272 g/mol. The maximum atomic E-state index is 11.7. The van der Waals surface area contributed by atoms with Crippen LogP contribution in [-0.2, 0) is 6.54 Å². The summed E-state index contributed by atoms with van der Waals surface area (Å²) >= 11 is 0. The van der Waals surface area contributed by atoms with Crippen molar-refractivity contribution >= 4 is 5.91 Å². The highest BCUT2D eigenvalue weighted by Gasteiger charge is 2.10. The molecule has 0 saturated carbocycles. The summed E-state index contributed by atoms with van der Waals surface area (Å²) in [5.41, 5.74) is 1.21. The second-order valence-corrected chi connectivity index (χ2v) is 4.35. The number of benzene rings is 1. The molecular formula is C14H12N4O3. The summed E-state index contributed by atoms with van der Waals surface area (Å²) in [5.74, 6) is 0.104. The van der Waals surface area contributed by atoms with E-state index in [9.17, 15) is 9.59 Å². The first-order chi connectivity index (χ1) is 10.2. The molecule has 0 atom stereocenters. The van der Waals surface area contributed by atoms with E-state index < -0.39 is 11.6 Å². The zero-order chi connectivity index (χ0) is 14.7. The van der Waals surface area contributed by atoms with Gasteiger partial charge in [0, 0.05) is 11.8 Å². The van der Waals surface area contributed by atoms with Gasteiger partial charge >= 0.3 is 5.69 Å². The Morgan fingerprint density at radius 3 is 2.81 bits per heavy atom. The summed E-state index contributed by atoms with van der Waals surface area (Å²) in [6.45, 7) is 0.211. The molecule has 106 valence electrons. The van der Waals surface area contributed by atoms with Crippen LogP contribution in [0.2, 0.25) is 0 Å². The highest BCUT2D eigenvalue weighted by atomic mass is 16.3. The molecule has 1 aromatic carbocycles. The Labute approximate surface area is 119 Å². The second-order valence-electron chi connectivity index (χ2n) is 4.35. The number of hydrogen-bond donors (Lipinski definition) is 3. The molecule has 7 nitrogen and oxygen atoms in total. The molecule has 2 aromatic heterocycles. The van der Waals surface area contributed by atoms with Crippen molar-refractivity contribution in [2.75, 3.05) is 0 Å². The number of imidazole rings is 1. The minimum absolute atomic E-state index is 0.173. The fourth-order valence-electron chi connectivity index (χ4n) is 1.82. The predicted molar refractivity (Wildman–Crippen MR) is 74.5 cm³/mol. The average molecular weight is 284 g/mol. The smallest absolute Gasteiger partial charge is 0.323 e. The van der Waals surface area contributed by atoms with Gasteiger partial charge in [-0.2, -0.15) is 0 Å². The molecule has 0 aliphatic rings. The molecule has 21 heavy (non-hydrogen) atoms. The van der Waals surface area contributed by atoms with Gasteiger partial charge in [-0.25, -0.2) is 9.78 Å². The summed E-state index contributed by atoms with van der Waals surface area (Å²) in [5, 5.41) is 2.64. The maximum Gasteiger partial charge on any atom is 0.323 e. The van der Waals surface area contributed by atoms with Crippen LogP contribution in [0.4, 0.5) is 0 Å². The molecule has 3 N–H and O–H groups in total. The molecule has 0 aliphatic heterocycles. The summed E-state index contributed by atoms with van der Waals surface area (Å²) in [4.78, 5) is 31.7. The largest absolute Gasteiger partial charge is 0.444 e. The van der Waals surface area contributed by atoms with Gasteiger partial charge in [0.2, 0.25) is 5.89 Å². The molecule has 0 saturated heterocycles. The minimum Gasteiger partial charge on any atom is -0.444 e. The van der Waals surface area contributed by atoms with Crippen LogP contribution in [0.1, 0.15) is 16.2 Å². The summed E-state index contributed by atoms with van der Waals surface area (Å²) in [6.07, 6.45) is 2.80. The van der Waals surface area contributed by atoms with E-state index in [2.05, 4.69) is 20.3 Å². The highest BCUT2D eigenvalue weighted by Crippen LogP contribution is 2.17. The number of carbonyl (C=O) groups excluding carboxylic acids is 1. The van der Waals surface area contributed by atoms with Crippen molar-refractivity contribution in [1.82, 2.24) is 20.3 Å². The van der Waals surface area contributed by atoms with Crippen LogP contribution in [0, 0.1) is 0 Å². The Bertz CT molecular complexity index is 801. The lowest BCUT2D eigenvalue weighted by molar-refractivity contribution is 0.0946. The van der Waals surface area contributed by atoms with E-state index in [1.165, 1.54) is 12.5 Å². The SMILES string of the molecule is O=C(NCc1coc(-c2ccccc2)n1)c1c[nH]c(=O)[nH]1. The van der Waals surface area contributed by atoms with Gasteiger partial charge in [-0.1, -0.05) is 18.2 Å². The summed E-state index contributed by atoms with van der Waals surface area (Å²) < 4.78 is 5.37. The molecule has 2 heterocycles. The standard InChI is InChI=1S/C14H12N4O3/c19-12(11-7-16-14(20)18-11)15-6-10-8-21-13(17-10)9-4-2-1-3-5-9/h1-5,7-8H,6H2,(H,15,19)(H2,16,18,20). The van der Waals surface area contributed by atoms with Crippen LogP contribution in [0.25, 0.3) is 11.5 Å². The number of aromatic nitrogens is 3. The molecule has 0 aliphatic carbocycles. The van der Waals surface area contributed by atoms with Gasteiger partial charge in [-0.3, -0.25) is 4.79 Å².